The summed E-state index contributed by atoms with van der Waals surface area (Å²) in [6.45, 7) is 6.41. The fourth-order valence-corrected chi connectivity index (χ4v) is 3.98. The number of carbonyl (C=O) groups is 3. The summed E-state index contributed by atoms with van der Waals surface area (Å²) in [7, 11) is 1.85. The Morgan fingerprint density at radius 3 is 2.15 bits per heavy atom. The molecule has 2 heterocycles. The maximum atomic E-state index is 12.9. The first-order valence-electron chi connectivity index (χ1n) is 12.0. The van der Waals surface area contributed by atoms with E-state index < -0.39 is 11.6 Å². The largest absolute Gasteiger partial charge is 0.444 e. The van der Waals surface area contributed by atoms with E-state index in [9.17, 15) is 23.2 Å². The summed E-state index contributed by atoms with van der Waals surface area (Å²) in [5, 5.41) is 5.10. The Hall–Kier alpha value is -2.71. The minimum Gasteiger partial charge on any atom is -0.444 e. The molecule has 1 saturated heterocycles. The van der Waals surface area contributed by atoms with Gasteiger partial charge >= 0.3 is 6.09 Å². The summed E-state index contributed by atoms with van der Waals surface area (Å²) in [5.41, 5.74) is 0.814. The van der Waals surface area contributed by atoms with Gasteiger partial charge in [0.2, 0.25) is 11.8 Å². The number of halogens is 2. The number of carbonyl (C=O) groups excluding carboxylic acids is 3. The van der Waals surface area contributed by atoms with Crippen LogP contribution in [0, 0.1) is 11.6 Å². The average Bonchev–Trinajstić information content (AvgIpc) is 3.22. The van der Waals surface area contributed by atoms with Crippen molar-refractivity contribution in [2.24, 2.45) is 0 Å². The second kappa shape index (κ2) is 12.7. The van der Waals surface area contributed by atoms with Crippen LogP contribution in [0.15, 0.2) is 12.1 Å². The zero-order valence-electron chi connectivity index (χ0n) is 20.6. The Kier molecular flexibility index (Phi) is 10.3. The van der Waals surface area contributed by atoms with Crippen molar-refractivity contribution in [3.63, 3.8) is 0 Å². The molecular weight excluding hydrogens is 444 g/mol. The molecule has 1 aromatic rings. The van der Waals surface area contributed by atoms with Gasteiger partial charge in [-0.3, -0.25) is 14.9 Å². The number of nitrogens with one attached hydrogen (secondary N) is 2. The van der Waals surface area contributed by atoms with Crippen LogP contribution in [0.4, 0.5) is 19.3 Å². The van der Waals surface area contributed by atoms with Crippen molar-refractivity contribution in [2.45, 2.75) is 90.2 Å². The molecule has 1 aromatic carbocycles. The Labute approximate surface area is 200 Å². The van der Waals surface area contributed by atoms with E-state index in [-0.39, 0.29) is 23.5 Å². The molecule has 2 aliphatic heterocycles. The van der Waals surface area contributed by atoms with E-state index in [1.807, 2.05) is 27.8 Å². The third-order valence-electron chi connectivity index (χ3n) is 5.74. The van der Waals surface area contributed by atoms with Gasteiger partial charge in [0.25, 0.3) is 0 Å². The van der Waals surface area contributed by atoms with Gasteiger partial charge in [-0.1, -0.05) is 19.3 Å². The van der Waals surface area contributed by atoms with Gasteiger partial charge in [-0.25, -0.2) is 13.6 Å². The lowest BCUT2D eigenvalue weighted by Crippen LogP contribution is -2.41. The lowest BCUT2D eigenvalue weighted by Gasteiger charge is -2.32. The number of piperidine rings is 1. The first kappa shape index (κ1) is 27.5. The van der Waals surface area contributed by atoms with E-state index in [1.165, 1.54) is 25.3 Å². The van der Waals surface area contributed by atoms with Crippen LogP contribution in [0.1, 0.15) is 77.7 Å². The predicted molar refractivity (Wildman–Crippen MR) is 126 cm³/mol. The third kappa shape index (κ3) is 9.27. The van der Waals surface area contributed by atoms with E-state index >= 15 is 0 Å². The minimum atomic E-state index is -0.518. The second-order valence-corrected chi connectivity index (χ2v) is 9.80. The first-order chi connectivity index (χ1) is 16.0. The smallest absolute Gasteiger partial charge is 0.410 e. The van der Waals surface area contributed by atoms with Gasteiger partial charge in [0, 0.05) is 49.8 Å². The van der Waals surface area contributed by atoms with Crippen molar-refractivity contribution in [1.82, 2.24) is 10.2 Å². The van der Waals surface area contributed by atoms with Crippen LogP contribution in [0.2, 0.25) is 0 Å². The number of rotatable bonds is 1. The lowest BCUT2D eigenvalue weighted by molar-refractivity contribution is -0.132. The maximum absolute atomic E-state index is 12.9. The zero-order chi connectivity index (χ0) is 25.3. The summed E-state index contributed by atoms with van der Waals surface area (Å²) < 4.78 is 30.8. The van der Waals surface area contributed by atoms with E-state index in [0.29, 0.717) is 49.5 Å². The summed E-state index contributed by atoms with van der Waals surface area (Å²) in [6, 6.07) is 2.63. The van der Waals surface area contributed by atoms with Gasteiger partial charge < -0.3 is 15.0 Å². The molecule has 3 amide bonds. The highest BCUT2D eigenvalue weighted by Gasteiger charge is 2.26. The number of fused-ring (bicyclic) bond motifs is 1. The predicted octanol–water partition coefficient (Wildman–Crippen LogP) is 4.93. The molecule has 34 heavy (non-hydrogen) atoms. The SMILES string of the molecule is CN(C(=O)OC(C)(C)C)C1CCCCC1.Fc1cc(F)c2c(c1)NCC2.O=C1CCCC(=O)N1. The normalized spacial score (nSPS) is 17.7. The maximum Gasteiger partial charge on any atom is 0.410 e. The van der Waals surface area contributed by atoms with Gasteiger partial charge in [-0.05, 0) is 52.5 Å². The molecule has 2 fully saturated rings. The molecule has 1 aliphatic carbocycles. The summed E-state index contributed by atoms with van der Waals surface area (Å²) in [6.07, 6.45) is 8.21. The number of ether oxygens (including phenoxy) is 1. The Bertz CT molecular complexity index is 850. The first-order valence-corrected chi connectivity index (χ1v) is 12.0. The number of amides is 3. The Morgan fingerprint density at radius 1 is 1.00 bits per heavy atom. The molecule has 2 N–H and O–H groups in total. The Balaban J connectivity index is 0.000000189. The fourth-order valence-electron chi connectivity index (χ4n) is 3.98. The van der Waals surface area contributed by atoms with Crippen LogP contribution in [0.3, 0.4) is 0 Å². The number of nitrogens with zero attached hydrogens (tertiary/aromatic N) is 1. The molecule has 0 atom stereocenters. The molecule has 1 saturated carbocycles. The van der Waals surface area contributed by atoms with E-state index in [0.717, 1.165) is 18.9 Å². The summed E-state index contributed by atoms with van der Waals surface area (Å²) >= 11 is 0. The minimum absolute atomic E-state index is 0.138. The van der Waals surface area contributed by atoms with Crippen LogP contribution in [0.25, 0.3) is 0 Å². The number of benzene rings is 1. The van der Waals surface area contributed by atoms with Gasteiger partial charge in [0.1, 0.15) is 17.2 Å². The standard InChI is InChI=1S/C12H23NO2.C8H7F2N.C5H7NO2/c1-12(2,3)15-11(14)13(4)10-8-6-5-7-9-10;9-5-3-7(10)6-1-2-11-8(6)4-5;7-4-2-1-3-5(8)6-4/h10H,5-9H2,1-4H3;3-4,11H,1-2H2;1-3H2,(H,6,7,8). The number of anilines is 1. The number of hydrogen-bond donors (Lipinski definition) is 2. The zero-order valence-corrected chi connectivity index (χ0v) is 20.6. The van der Waals surface area contributed by atoms with Crippen LogP contribution in [0.5, 0.6) is 0 Å². The number of imide groups is 1. The third-order valence-corrected chi connectivity index (χ3v) is 5.74. The molecule has 4 rings (SSSR count). The molecule has 9 heteroatoms. The molecule has 0 radical (unpaired) electrons. The molecule has 7 nitrogen and oxygen atoms in total. The van der Waals surface area contributed by atoms with Gasteiger partial charge in [0.15, 0.2) is 0 Å². The van der Waals surface area contributed by atoms with Crippen molar-refractivity contribution >= 4 is 23.6 Å². The van der Waals surface area contributed by atoms with E-state index in [1.54, 1.807) is 4.90 Å². The highest BCUT2D eigenvalue weighted by atomic mass is 19.1. The fraction of sp³-hybridized carbons (Fsp3) is 0.640. The highest BCUT2D eigenvalue weighted by Crippen LogP contribution is 2.25. The van der Waals surface area contributed by atoms with Crippen molar-refractivity contribution in [3.05, 3.63) is 29.3 Å². The second-order valence-electron chi connectivity index (χ2n) is 9.80. The monoisotopic (exact) mass is 481 g/mol. The van der Waals surface area contributed by atoms with Crippen molar-refractivity contribution in [1.29, 1.82) is 0 Å². The van der Waals surface area contributed by atoms with Crippen molar-refractivity contribution in [2.75, 3.05) is 18.9 Å². The van der Waals surface area contributed by atoms with Gasteiger partial charge in [-0.15, -0.1) is 0 Å². The van der Waals surface area contributed by atoms with E-state index in [2.05, 4.69) is 10.6 Å². The molecular formula is C25H37F2N3O4. The molecule has 0 aromatic heterocycles. The summed E-state index contributed by atoms with van der Waals surface area (Å²) in [4.78, 5) is 34.2. The molecule has 0 unspecified atom stereocenters. The lowest BCUT2D eigenvalue weighted by atomic mass is 9.95. The number of hydrogen-bond acceptors (Lipinski definition) is 5. The van der Waals surface area contributed by atoms with Crippen LogP contribution >= 0.6 is 0 Å². The Morgan fingerprint density at radius 2 is 1.62 bits per heavy atom. The van der Waals surface area contributed by atoms with Crippen LogP contribution in [-0.4, -0.2) is 48.0 Å². The molecule has 190 valence electrons. The highest BCUT2D eigenvalue weighted by molar-refractivity contribution is 5.97. The van der Waals surface area contributed by atoms with Gasteiger partial charge in [0.05, 0.1) is 0 Å². The van der Waals surface area contributed by atoms with Gasteiger partial charge in [-0.2, -0.15) is 0 Å². The quantitative estimate of drug-likeness (QED) is 0.555. The van der Waals surface area contributed by atoms with Crippen molar-refractivity contribution < 1.29 is 27.9 Å². The molecule has 0 bridgehead atoms. The van der Waals surface area contributed by atoms with E-state index in [4.69, 9.17) is 4.74 Å². The van der Waals surface area contributed by atoms with Crippen LogP contribution < -0.4 is 10.6 Å². The average molecular weight is 482 g/mol. The molecule has 3 aliphatic rings. The summed E-state index contributed by atoms with van der Waals surface area (Å²) in [5.74, 6) is -1.23. The van der Waals surface area contributed by atoms with Crippen molar-refractivity contribution in [3.8, 4) is 0 Å². The molecule has 0 spiro atoms. The topological polar surface area (TPSA) is 87.7 Å². The van der Waals surface area contributed by atoms with Crippen LogP contribution in [-0.2, 0) is 20.7 Å².